The molecule has 0 radical (unpaired) electrons. The maximum absolute atomic E-state index is 13.0. The van der Waals surface area contributed by atoms with Crippen LogP contribution < -0.4 is 0 Å². The quantitative estimate of drug-likeness (QED) is 0.0329. The van der Waals surface area contributed by atoms with Gasteiger partial charge in [-0.3, -0.25) is 0 Å². The molecule has 4 heteroatoms. The fourth-order valence-electron chi connectivity index (χ4n) is 11.9. The Hall–Kier alpha value is -5.48. The first-order valence-electron chi connectivity index (χ1n) is 34.2. The zero-order valence-electron chi connectivity index (χ0n) is 53.3. The smallest absolute Gasteiger partial charge is 0.123 e. The van der Waals surface area contributed by atoms with Gasteiger partial charge >= 0.3 is 0 Å². The van der Waals surface area contributed by atoms with E-state index in [2.05, 4.69) is 101 Å². The van der Waals surface area contributed by atoms with Crippen molar-refractivity contribution in [3.8, 4) is 0 Å². The van der Waals surface area contributed by atoms with E-state index in [1.54, 1.807) is 0 Å². The first-order valence-corrected chi connectivity index (χ1v) is 34.2. The molecule has 4 atom stereocenters. The van der Waals surface area contributed by atoms with Crippen LogP contribution in [0.25, 0.3) is 22.3 Å². The van der Waals surface area contributed by atoms with Crippen molar-refractivity contribution in [1.82, 2.24) is 0 Å². The molecule has 0 saturated carbocycles. The third-order valence-corrected chi connectivity index (χ3v) is 17.4. The molecule has 0 spiro atoms. The second kappa shape index (κ2) is 44.0. The Morgan fingerprint density at radius 2 is 0.424 bits per heavy atom. The normalized spacial score (nSPS) is 17.7. The number of benzene rings is 4. The van der Waals surface area contributed by atoms with Crippen LogP contribution in [0.5, 0.6) is 0 Å². The van der Waals surface area contributed by atoms with Crippen molar-refractivity contribution in [2.24, 2.45) is 23.7 Å². The van der Waals surface area contributed by atoms with Gasteiger partial charge in [-0.15, -0.1) is 0 Å². The summed E-state index contributed by atoms with van der Waals surface area (Å²) < 4.78 is 51.7. The Labute approximate surface area is 516 Å². The van der Waals surface area contributed by atoms with E-state index in [0.29, 0.717) is 23.7 Å². The minimum Gasteiger partial charge on any atom is -0.207 e. The molecule has 0 fully saturated rings. The fourth-order valence-corrected chi connectivity index (χ4v) is 11.9. The van der Waals surface area contributed by atoms with E-state index >= 15 is 0 Å². The van der Waals surface area contributed by atoms with E-state index in [-0.39, 0.29) is 23.3 Å². The number of allylic oxidation sites excluding steroid dienone is 16. The molecule has 0 heterocycles. The molecule has 4 aliphatic rings. The highest BCUT2D eigenvalue weighted by molar-refractivity contribution is 5.77. The minimum atomic E-state index is -0.169. The van der Waals surface area contributed by atoms with Gasteiger partial charge in [0.1, 0.15) is 23.3 Å². The summed E-state index contributed by atoms with van der Waals surface area (Å²) in [6.45, 7) is 9.05. The van der Waals surface area contributed by atoms with Crippen molar-refractivity contribution in [3.63, 3.8) is 0 Å². The molecular weight excluding hydrogens is 1050 g/mol. The standard InChI is InChI=1S/C22H31F.C21H29F.C20H27F.C18H23F/c1-2-3-4-5-6-7-8-9-10-19-11-13-20(14-12-19)21-15-17-22(23)18-16-21;1-2-3-4-5-6-7-8-9-18-10-12-19(13-11-18)20-14-16-21(22)17-15-20;1-2-3-4-5-6-7-8-17-9-11-18(12-10-17)19-13-15-20(21)16-14-19;1-2-3-4-5-6-15-7-9-16(10-8-15)17-11-13-18(19)14-12-17/h11,13-19H,2-10,12H2,1H3;10,12-18H,2-9,11H2,1H3;9,11-17H,2-8,10H2,1H3;7,9-15H,2-6,8H2,1H3. The predicted octanol–water partition coefficient (Wildman–Crippen LogP) is 26.5. The van der Waals surface area contributed by atoms with Gasteiger partial charge in [0, 0.05) is 0 Å². The first-order chi connectivity index (χ1) is 41.7. The molecule has 8 rings (SSSR count). The lowest BCUT2D eigenvalue weighted by atomic mass is 9.89. The van der Waals surface area contributed by atoms with Crippen LogP contribution in [0, 0.1) is 46.9 Å². The van der Waals surface area contributed by atoms with Gasteiger partial charge in [0.25, 0.3) is 0 Å². The van der Waals surface area contributed by atoms with Crippen molar-refractivity contribution in [2.45, 2.75) is 240 Å². The maximum Gasteiger partial charge on any atom is 0.123 e. The van der Waals surface area contributed by atoms with Gasteiger partial charge < -0.3 is 0 Å². The molecular formula is C81H110F4. The fraction of sp³-hybridized carbons (Fsp3) is 0.506. The molecule has 0 aromatic heterocycles. The minimum absolute atomic E-state index is 0.165. The maximum atomic E-state index is 13.0. The van der Waals surface area contributed by atoms with Crippen LogP contribution in [0.3, 0.4) is 0 Å². The summed E-state index contributed by atoms with van der Waals surface area (Å²) in [5.74, 6) is 2.11. The summed E-state index contributed by atoms with van der Waals surface area (Å²) >= 11 is 0. The molecule has 0 amide bonds. The Balaban J connectivity index is 0.000000208. The Bertz CT molecular complexity index is 2620. The van der Waals surface area contributed by atoms with Crippen molar-refractivity contribution >= 4 is 22.3 Å². The van der Waals surface area contributed by atoms with Crippen molar-refractivity contribution in [2.75, 3.05) is 0 Å². The lowest BCUT2D eigenvalue weighted by molar-refractivity contribution is 0.514. The van der Waals surface area contributed by atoms with Gasteiger partial charge in [-0.2, -0.15) is 0 Å². The predicted molar refractivity (Wildman–Crippen MR) is 363 cm³/mol. The zero-order valence-corrected chi connectivity index (χ0v) is 53.3. The van der Waals surface area contributed by atoms with Crippen LogP contribution in [0.2, 0.25) is 0 Å². The van der Waals surface area contributed by atoms with Crippen molar-refractivity contribution < 1.29 is 17.6 Å². The van der Waals surface area contributed by atoms with E-state index in [0.717, 1.165) is 47.9 Å². The van der Waals surface area contributed by atoms with E-state index in [4.69, 9.17) is 0 Å². The molecule has 4 aromatic carbocycles. The van der Waals surface area contributed by atoms with Gasteiger partial charge in [0.2, 0.25) is 0 Å². The Morgan fingerprint density at radius 1 is 0.247 bits per heavy atom. The molecule has 0 nitrogen and oxygen atoms in total. The number of rotatable bonds is 33. The van der Waals surface area contributed by atoms with Crippen molar-refractivity contribution in [1.29, 1.82) is 0 Å². The molecule has 4 unspecified atom stereocenters. The van der Waals surface area contributed by atoms with Gasteiger partial charge in [0.15, 0.2) is 0 Å². The summed E-state index contributed by atoms with van der Waals surface area (Å²) in [4.78, 5) is 0. The van der Waals surface area contributed by atoms with Crippen LogP contribution in [0.4, 0.5) is 17.6 Å². The molecule has 0 aliphatic heterocycles. The van der Waals surface area contributed by atoms with Crippen LogP contribution in [0.15, 0.2) is 170 Å². The Kier molecular flexibility index (Phi) is 36.4. The number of halogens is 4. The third kappa shape index (κ3) is 30.1. The molecule has 0 saturated heterocycles. The average molecular weight is 1160 g/mol. The van der Waals surface area contributed by atoms with Gasteiger partial charge in [0.05, 0.1) is 0 Å². The summed E-state index contributed by atoms with van der Waals surface area (Å²) in [5.41, 5.74) is 9.39. The summed E-state index contributed by atoms with van der Waals surface area (Å²) in [5, 5.41) is 0. The summed E-state index contributed by atoms with van der Waals surface area (Å²) in [6.07, 6.45) is 71.4. The Morgan fingerprint density at radius 3 is 0.600 bits per heavy atom. The highest BCUT2D eigenvalue weighted by Gasteiger charge is 2.14. The number of unbranched alkanes of at least 4 members (excludes halogenated alkanes) is 21. The average Bonchev–Trinajstić information content (AvgIpc) is 3.61. The van der Waals surface area contributed by atoms with Crippen LogP contribution in [-0.4, -0.2) is 0 Å². The third-order valence-electron chi connectivity index (χ3n) is 17.4. The second-order valence-electron chi connectivity index (χ2n) is 24.7. The van der Waals surface area contributed by atoms with Gasteiger partial charge in [-0.05, 0) is 168 Å². The number of hydrogen-bond acceptors (Lipinski definition) is 0. The topological polar surface area (TPSA) is 0 Å². The molecule has 85 heavy (non-hydrogen) atoms. The highest BCUT2D eigenvalue weighted by Crippen LogP contribution is 2.32. The number of hydrogen-bond donors (Lipinski definition) is 0. The lowest BCUT2D eigenvalue weighted by Crippen LogP contribution is -2.00. The summed E-state index contributed by atoms with van der Waals surface area (Å²) in [7, 11) is 0. The lowest BCUT2D eigenvalue weighted by Gasteiger charge is -2.16. The molecule has 4 aromatic rings. The van der Waals surface area contributed by atoms with Crippen LogP contribution in [-0.2, 0) is 0 Å². The largest absolute Gasteiger partial charge is 0.207 e. The van der Waals surface area contributed by atoms with Gasteiger partial charge in [-0.1, -0.05) is 310 Å². The zero-order chi connectivity index (χ0) is 60.4. The molecule has 0 N–H and O–H groups in total. The van der Waals surface area contributed by atoms with Crippen LogP contribution in [0.1, 0.15) is 262 Å². The van der Waals surface area contributed by atoms with E-state index in [9.17, 15) is 17.6 Å². The van der Waals surface area contributed by atoms with Crippen LogP contribution >= 0.6 is 0 Å². The molecule has 0 bridgehead atoms. The molecule has 462 valence electrons. The van der Waals surface area contributed by atoms with E-state index < -0.39 is 0 Å². The first kappa shape index (κ1) is 70.3. The highest BCUT2D eigenvalue weighted by atomic mass is 19.1. The summed E-state index contributed by atoms with van der Waals surface area (Å²) in [6, 6.07) is 27.2. The van der Waals surface area contributed by atoms with E-state index in [1.165, 1.54) is 257 Å². The molecule has 4 aliphatic carbocycles. The van der Waals surface area contributed by atoms with Crippen molar-refractivity contribution in [3.05, 3.63) is 215 Å². The SMILES string of the molecule is CCCCCCC1C=CC(c2ccc(F)cc2)=CC1.CCCCCCCCC1C=CC(c2ccc(F)cc2)=CC1.CCCCCCCCCC1C=CC(c2ccc(F)cc2)=CC1.CCCCCCCCCCC1C=CC(c2ccc(F)cc2)=CC1. The monoisotopic (exact) mass is 1160 g/mol. The van der Waals surface area contributed by atoms with Gasteiger partial charge in [-0.25, -0.2) is 17.6 Å². The second-order valence-corrected chi connectivity index (χ2v) is 24.7. The van der Waals surface area contributed by atoms with E-state index in [1.807, 2.05) is 48.5 Å².